The molecule has 1 heterocycles. The Bertz CT molecular complexity index is 540. The highest BCUT2D eigenvalue weighted by molar-refractivity contribution is 7.21. The summed E-state index contributed by atoms with van der Waals surface area (Å²) in [4.78, 5) is 12.7. The molecule has 76 valence electrons. The number of hydrogen-bond donors (Lipinski definition) is 0. The van der Waals surface area contributed by atoms with Crippen LogP contribution in [0.15, 0.2) is 24.3 Å². The van der Waals surface area contributed by atoms with Crippen molar-refractivity contribution in [2.45, 2.75) is 12.8 Å². The number of rotatable bonds is 2. The van der Waals surface area contributed by atoms with Crippen LogP contribution in [0.2, 0.25) is 5.02 Å². The first-order valence-corrected chi connectivity index (χ1v) is 6.17. The molecule has 15 heavy (non-hydrogen) atoms. The van der Waals surface area contributed by atoms with E-state index >= 15 is 0 Å². The van der Waals surface area contributed by atoms with E-state index in [1.54, 1.807) is 11.3 Å². The highest BCUT2D eigenvalue weighted by Gasteiger charge is 2.31. The Labute approximate surface area is 96.7 Å². The lowest BCUT2D eigenvalue weighted by Gasteiger charge is -1.89. The predicted octanol–water partition coefficient (Wildman–Crippen LogP) is 4.15. The molecule has 0 N–H and O–H groups in total. The largest absolute Gasteiger partial charge is 0.293 e. The van der Waals surface area contributed by atoms with Crippen LogP contribution in [-0.4, -0.2) is 5.78 Å². The topological polar surface area (TPSA) is 17.1 Å². The van der Waals surface area contributed by atoms with Gasteiger partial charge in [-0.1, -0.05) is 17.7 Å². The molecule has 3 rings (SSSR count). The van der Waals surface area contributed by atoms with Crippen LogP contribution in [-0.2, 0) is 0 Å². The number of carbonyl (C=O) groups is 1. The van der Waals surface area contributed by atoms with Crippen molar-refractivity contribution in [1.29, 1.82) is 0 Å². The normalized spacial score (nSPS) is 15.8. The summed E-state index contributed by atoms with van der Waals surface area (Å²) in [5, 5.41) is 1.74. The molecule has 0 bridgehead atoms. The predicted molar refractivity (Wildman–Crippen MR) is 63.9 cm³/mol. The Balaban J connectivity index is 2.13. The molecular weight excluding hydrogens is 228 g/mol. The second-order valence-electron chi connectivity index (χ2n) is 3.90. The van der Waals surface area contributed by atoms with E-state index in [4.69, 9.17) is 11.6 Å². The molecule has 3 heteroatoms. The third-order valence-corrected chi connectivity index (χ3v) is 4.14. The lowest BCUT2D eigenvalue weighted by atomic mass is 10.2. The number of thiophene rings is 1. The molecule has 1 aliphatic rings. The highest BCUT2D eigenvalue weighted by Crippen LogP contribution is 2.37. The van der Waals surface area contributed by atoms with Crippen LogP contribution in [0.4, 0.5) is 0 Å². The van der Waals surface area contributed by atoms with Crippen molar-refractivity contribution in [3.63, 3.8) is 0 Å². The van der Waals surface area contributed by atoms with E-state index < -0.39 is 0 Å². The number of benzene rings is 1. The minimum Gasteiger partial charge on any atom is -0.293 e. The smallest absolute Gasteiger partial charge is 0.175 e. The number of hydrogen-bond acceptors (Lipinski definition) is 2. The first-order chi connectivity index (χ1) is 7.25. The molecule has 0 unspecified atom stereocenters. The molecular formula is C12H9ClOS. The summed E-state index contributed by atoms with van der Waals surface area (Å²) in [5.41, 5.74) is 0. The molecule has 2 aromatic rings. The average Bonchev–Trinajstić information content (AvgIpc) is 2.97. The zero-order valence-electron chi connectivity index (χ0n) is 8.00. The molecule has 1 aliphatic carbocycles. The summed E-state index contributed by atoms with van der Waals surface area (Å²) >= 11 is 7.62. The Morgan fingerprint density at radius 3 is 2.87 bits per heavy atom. The molecule has 1 fully saturated rings. The summed E-state index contributed by atoms with van der Waals surface area (Å²) in [6, 6.07) is 7.73. The van der Waals surface area contributed by atoms with Crippen LogP contribution in [0.5, 0.6) is 0 Å². The fraction of sp³-hybridized carbons (Fsp3) is 0.250. The van der Waals surface area contributed by atoms with Crippen molar-refractivity contribution < 1.29 is 4.79 Å². The van der Waals surface area contributed by atoms with Gasteiger partial charge >= 0.3 is 0 Å². The van der Waals surface area contributed by atoms with Crippen molar-refractivity contribution in [3.05, 3.63) is 34.2 Å². The molecule has 0 radical (unpaired) electrons. The lowest BCUT2D eigenvalue weighted by molar-refractivity contribution is 0.0971. The minimum atomic E-state index is 0.289. The zero-order chi connectivity index (χ0) is 10.4. The van der Waals surface area contributed by atoms with E-state index in [1.807, 2.05) is 24.3 Å². The molecule has 1 aromatic heterocycles. The summed E-state index contributed by atoms with van der Waals surface area (Å²) in [5.74, 6) is 0.587. The van der Waals surface area contributed by atoms with Gasteiger partial charge in [0.15, 0.2) is 5.78 Å². The van der Waals surface area contributed by atoms with Crippen LogP contribution >= 0.6 is 22.9 Å². The van der Waals surface area contributed by atoms with Crippen LogP contribution in [0.1, 0.15) is 22.5 Å². The number of Topliss-reactive ketones (excluding diaryl/α,β-unsaturated/α-hetero) is 1. The van der Waals surface area contributed by atoms with E-state index in [1.165, 1.54) is 0 Å². The summed E-state index contributed by atoms with van der Waals surface area (Å²) in [6.45, 7) is 0. The Morgan fingerprint density at radius 1 is 1.40 bits per heavy atom. The average molecular weight is 237 g/mol. The van der Waals surface area contributed by atoms with Crippen molar-refractivity contribution in [2.75, 3.05) is 0 Å². The van der Waals surface area contributed by atoms with Crippen LogP contribution in [0, 0.1) is 5.92 Å². The maximum Gasteiger partial charge on any atom is 0.175 e. The van der Waals surface area contributed by atoms with Crippen LogP contribution in [0.3, 0.4) is 0 Å². The van der Waals surface area contributed by atoms with Crippen LogP contribution in [0.25, 0.3) is 10.1 Å². The van der Waals surface area contributed by atoms with Crippen molar-refractivity contribution in [3.8, 4) is 0 Å². The number of ketones is 1. The highest BCUT2D eigenvalue weighted by atomic mass is 35.5. The fourth-order valence-electron chi connectivity index (χ4n) is 1.69. The molecule has 0 amide bonds. The standard InChI is InChI=1S/C12H9ClOS/c13-9-2-1-3-10-8(9)6-11(15-10)12(14)7-4-5-7/h1-3,6-7H,4-5H2. The van der Waals surface area contributed by atoms with Gasteiger partial charge in [-0.05, 0) is 31.0 Å². The van der Waals surface area contributed by atoms with Crippen molar-refractivity contribution >= 4 is 38.8 Å². The third-order valence-electron chi connectivity index (χ3n) is 2.70. The molecule has 1 saturated carbocycles. The second kappa shape index (κ2) is 3.32. The van der Waals surface area contributed by atoms with E-state index in [2.05, 4.69) is 0 Å². The number of halogens is 1. The van der Waals surface area contributed by atoms with Gasteiger partial charge in [0, 0.05) is 21.0 Å². The monoisotopic (exact) mass is 236 g/mol. The SMILES string of the molecule is O=C(c1cc2c(Cl)cccc2s1)C1CC1. The van der Waals surface area contributed by atoms with Gasteiger partial charge in [-0.15, -0.1) is 11.3 Å². The van der Waals surface area contributed by atoms with Gasteiger partial charge in [0.25, 0.3) is 0 Å². The Morgan fingerprint density at radius 2 is 2.20 bits per heavy atom. The maximum atomic E-state index is 11.9. The fourth-order valence-corrected chi connectivity index (χ4v) is 3.08. The molecule has 0 saturated heterocycles. The first kappa shape index (κ1) is 9.37. The van der Waals surface area contributed by atoms with Gasteiger partial charge in [0.05, 0.1) is 4.88 Å². The van der Waals surface area contributed by atoms with Crippen molar-refractivity contribution in [2.24, 2.45) is 5.92 Å². The third kappa shape index (κ3) is 1.58. The molecule has 0 spiro atoms. The van der Waals surface area contributed by atoms with Gasteiger partial charge in [-0.3, -0.25) is 4.79 Å². The summed E-state index contributed by atoms with van der Waals surface area (Å²) in [6.07, 6.45) is 2.11. The van der Waals surface area contributed by atoms with E-state index in [9.17, 15) is 4.79 Å². The first-order valence-electron chi connectivity index (χ1n) is 4.98. The number of fused-ring (bicyclic) bond motifs is 1. The molecule has 0 aliphatic heterocycles. The Hall–Kier alpha value is -0.860. The molecule has 0 atom stereocenters. The second-order valence-corrected chi connectivity index (χ2v) is 5.39. The van der Waals surface area contributed by atoms with Gasteiger partial charge in [-0.25, -0.2) is 0 Å². The zero-order valence-corrected chi connectivity index (χ0v) is 9.57. The number of carbonyl (C=O) groups excluding carboxylic acids is 1. The lowest BCUT2D eigenvalue weighted by Crippen LogP contribution is -1.96. The van der Waals surface area contributed by atoms with E-state index in [0.29, 0.717) is 5.78 Å². The van der Waals surface area contributed by atoms with Gasteiger partial charge in [0.2, 0.25) is 0 Å². The van der Waals surface area contributed by atoms with Gasteiger partial charge < -0.3 is 0 Å². The van der Waals surface area contributed by atoms with Crippen molar-refractivity contribution in [1.82, 2.24) is 0 Å². The van der Waals surface area contributed by atoms with Gasteiger partial charge in [-0.2, -0.15) is 0 Å². The minimum absolute atomic E-state index is 0.289. The quantitative estimate of drug-likeness (QED) is 0.716. The molecule has 1 aromatic carbocycles. The van der Waals surface area contributed by atoms with Gasteiger partial charge in [0.1, 0.15) is 0 Å². The summed E-state index contributed by atoms with van der Waals surface area (Å²) in [7, 11) is 0. The van der Waals surface area contributed by atoms with E-state index in [0.717, 1.165) is 32.8 Å². The van der Waals surface area contributed by atoms with E-state index in [-0.39, 0.29) is 5.92 Å². The van der Waals surface area contributed by atoms with Crippen LogP contribution < -0.4 is 0 Å². The maximum absolute atomic E-state index is 11.9. The molecule has 1 nitrogen and oxygen atoms in total. The summed E-state index contributed by atoms with van der Waals surface area (Å²) < 4.78 is 1.10. The Kier molecular flexibility index (Phi) is 2.08.